The van der Waals surface area contributed by atoms with Crippen molar-refractivity contribution >= 4 is 13.9 Å². The van der Waals surface area contributed by atoms with Gasteiger partial charge in [-0.05, 0) is 61.1 Å². The third-order valence-electron chi connectivity index (χ3n) is 5.00. The molecule has 0 aliphatic heterocycles. The Bertz CT molecular complexity index is 891. The molecule has 0 aliphatic rings. The number of aromatic nitrogens is 2. The number of benzene rings is 1. The predicted octanol–water partition coefficient (Wildman–Crippen LogP) is 6.41. The van der Waals surface area contributed by atoms with Gasteiger partial charge in [-0.3, -0.25) is 0 Å². The Morgan fingerprint density at radius 3 is 2.47 bits per heavy atom. The molecule has 1 aromatic carbocycles. The van der Waals surface area contributed by atoms with Gasteiger partial charge in [0.1, 0.15) is 11.9 Å². The summed E-state index contributed by atoms with van der Waals surface area (Å²) in [5.74, 6) is 8.00. The molecule has 2 rings (SSSR count). The zero-order chi connectivity index (χ0) is 21.9. The Balaban J connectivity index is 2.11. The third kappa shape index (κ3) is 7.28. The highest BCUT2D eigenvalue weighted by Crippen LogP contribution is 2.32. The van der Waals surface area contributed by atoms with Crippen molar-refractivity contribution in [1.82, 2.24) is 9.55 Å². The Labute approximate surface area is 184 Å². The van der Waals surface area contributed by atoms with Gasteiger partial charge in [-0.15, -0.1) is 0 Å². The van der Waals surface area contributed by atoms with Crippen LogP contribution in [0.1, 0.15) is 69.5 Å². The summed E-state index contributed by atoms with van der Waals surface area (Å²) in [6, 6.07) is 8.56. The number of aliphatic hydroxyl groups excluding tert-OH is 1. The van der Waals surface area contributed by atoms with Crippen molar-refractivity contribution in [1.29, 1.82) is 0 Å². The molecule has 0 saturated carbocycles. The summed E-state index contributed by atoms with van der Waals surface area (Å²) in [5, 5.41) is 11.1. The number of rotatable bonds is 10. The maximum Gasteiger partial charge on any atom is 0.137 e. The van der Waals surface area contributed by atoms with Crippen LogP contribution < -0.4 is 0 Å². The topological polar surface area (TPSA) is 38.0 Å². The molecule has 4 heteroatoms. The van der Waals surface area contributed by atoms with E-state index in [0.717, 1.165) is 11.1 Å². The minimum atomic E-state index is -0.591. The molecule has 1 heterocycles. The smallest absolute Gasteiger partial charge is 0.137 e. The van der Waals surface area contributed by atoms with Crippen molar-refractivity contribution in [3.05, 3.63) is 71.8 Å². The zero-order valence-corrected chi connectivity index (χ0v) is 19.8. The first-order valence-electron chi connectivity index (χ1n) is 10.9. The summed E-state index contributed by atoms with van der Waals surface area (Å²) in [6.45, 7) is 13.2. The minimum Gasteiger partial charge on any atom is -0.385 e. The first-order valence-corrected chi connectivity index (χ1v) is 12.4. The van der Waals surface area contributed by atoms with E-state index in [4.69, 9.17) is 0 Å². The Morgan fingerprint density at radius 2 is 1.90 bits per heavy atom. The SMILES string of the molecule is C=C(/C=C(\PC)c1ccc(C#CC(CCC)CCC)cc1)Cn1ccnc1[C@H](C)O. The fraction of sp³-hybridized carbons (Fsp3) is 0.423. The summed E-state index contributed by atoms with van der Waals surface area (Å²) in [4.78, 5) is 4.23. The van der Waals surface area contributed by atoms with Gasteiger partial charge in [0, 0.05) is 30.4 Å². The van der Waals surface area contributed by atoms with E-state index in [0.29, 0.717) is 26.9 Å². The molecule has 2 aromatic rings. The molecule has 0 aliphatic carbocycles. The van der Waals surface area contributed by atoms with Crippen molar-refractivity contribution in [2.24, 2.45) is 5.92 Å². The summed E-state index contributed by atoms with van der Waals surface area (Å²) < 4.78 is 1.95. The number of allylic oxidation sites excluding steroid dienone is 2. The molecule has 1 N–H and O–H groups in total. The van der Waals surface area contributed by atoms with E-state index in [2.05, 4.69) is 74.3 Å². The van der Waals surface area contributed by atoms with Crippen LogP contribution in [0.4, 0.5) is 0 Å². The maximum absolute atomic E-state index is 9.84. The lowest BCUT2D eigenvalue weighted by atomic mass is 9.98. The van der Waals surface area contributed by atoms with Gasteiger partial charge < -0.3 is 9.67 Å². The van der Waals surface area contributed by atoms with Gasteiger partial charge in [-0.25, -0.2) is 4.98 Å². The lowest BCUT2D eigenvalue weighted by Crippen LogP contribution is -2.07. The summed E-state index contributed by atoms with van der Waals surface area (Å²) in [5.41, 5.74) is 3.28. The highest BCUT2D eigenvalue weighted by atomic mass is 31.1. The van der Waals surface area contributed by atoms with Crippen molar-refractivity contribution < 1.29 is 5.11 Å². The fourth-order valence-electron chi connectivity index (χ4n) is 3.49. The van der Waals surface area contributed by atoms with Crippen LogP contribution in [0, 0.1) is 17.8 Å². The molecule has 0 bridgehead atoms. The summed E-state index contributed by atoms with van der Waals surface area (Å²) >= 11 is 0. The molecule has 0 spiro atoms. The van der Waals surface area contributed by atoms with E-state index in [9.17, 15) is 5.11 Å². The van der Waals surface area contributed by atoms with Gasteiger partial charge >= 0.3 is 0 Å². The minimum absolute atomic E-state index is 0.505. The van der Waals surface area contributed by atoms with Crippen LogP contribution in [0.2, 0.25) is 0 Å². The Kier molecular flexibility index (Phi) is 10.1. The van der Waals surface area contributed by atoms with Gasteiger partial charge in [0.2, 0.25) is 0 Å². The Hall–Kier alpha value is -2.14. The predicted molar refractivity (Wildman–Crippen MR) is 131 cm³/mol. The van der Waals surface area contributed by atoms with Gasteiger partial charge in [0.15, 0.2) is 0 Å². The van der Waals surface area contributed by atoms with Crippen LogP contribution in [-0.2, 0) is 6.54 Å². The van der Waals surface area contributed by atoms with Crippen molar-refractivity contribution in [3.8, 4) is 11.8 Å². The average Bonchev–Trinajstić information content (AvgIpc) is 3.19. The number of nitrogens with zero attached hydrogens (tertiary/aromatic N) is 2. The first-order chi connectivity index (χ1) is 14.5. The molecule has 0 radical (unpaired) electrons. The van der Waals surface area contributed by atoms with E-state index < -0.39 is 6.10 Å². The van der Waals surface area contributed by atoms with Crippen LogP contribution >= 0.6 is 8.58 Å². The number of imidazole rings is 1. The monoisotopic (exact) mass is 422 g/mol. The average molecular weight is 423 g/mol. The number of aliphatic hydroxyl groups is 1. The van der Waals surface area contributed by atoms with Crippen LogP contribution in [0.15, 0.2) is 54.9 Å². The zero-order valence-electron chi connectivity index (χ0n) is 18.8. The lowest BCUT2D eigenvalue weighted by Gasteiger charge is -2.11. The van der Waals surface area contributed by atoms with E-state index in [1.165, 1.54) is 36.6 Å². The molecule has 30 heavy (non-hydrogen) atoms. The number of hydrogen-bond donors (Lipinski definition) is 1. The fourth-order valence-corrected chi connectivity index (χ4v) is 4.30. The van der Waals surface area contributed by atoms with Crippen molar-refractivity contribution in [2.75, 3.05) is 6.66 Å². The van der Waals surface area contributed by atoms with Gasteiger partial charge in [-0.2, -0.15) is 0 Å². The highest BCUT2D eigenvalue weighted by molar-refractivity contribution is 7.49. The van der Waals surface area contributed by atoms with Crippen LogP contribution in [0.25, 0.3) is 5.31 Å². The molecule has 160 valence electrons. The van der Waals surface area contributed by atoms with Crippen molar-refractivity contribution in [2.45, 2.75) is 59.1 Å². The molecule has 3 nitrogen and oxygen atoms in total. The van der Waals surface area contributed by atoms with E-state index in [1.807, 2.05) is 10.8 Å². The second-order valence-electron chi connectivity index (χ2n) is 7.68. The van der Waals surface area contributed by atoms with Crippen LogP contribution in [0.5, 0.6) is 0 Å². The molecule has 2 atom stereocenters. The van der Waals surface area contributed by atoms with Crippen molar-refractivity contribution in [3.63, 3.8) is 0 Å². The maximum atomic E-state index is 9.84. The summed E-state index contributed by atoms with van der Waals surface area (Å²) in [6.07, 6.45) is 9.89. The quantitative estimate of drug-likeness (QED) is 0.273. The highest BCUT2D eigenvalue weighted by Gasteiger charge is 2.09. The normalized spacial score (nSPS) is 12.9. The van der Waals surface area contributed by atoms with E-state index in [-0.39, 0.29) is 0 Å². The van der Waals surface area contributed by atoms with Crippen LogP contribution in [0.3, 0.4) is 0 Å². The van der Waals surface area contributed by atoms with Crippen LogP contribution in [-0.4, -0.2) is 21.3 Å². The Morgan fingerprint density at radius 1 is 1.23 bits per heavy atom. The molecular formula is C26H35N2OP. The third-order valence-corrected chi connectivity index (χ3v) is 5.98. The van der Waals surface area contributed by atoms with E-state index >= 15 is 0 Å². The van der Waals surface area contributed by atoms with Gasteiger partial charge in [-0.1, -0.05) is 65.8 Å². The molecule has 1 unspecified atom stereocenters. The van der Waals surface area contributed by atoms with Gasteiger partial charge in [0.25, 0.3) is 0 Å². The molecule has 0 saturated heterocycles. The second kappa shape index (κ2) is 12.5. The standard InChI is InChI=1S/C26H35N2OP/c1-6-8-22(9-7-2)10-11-23-12-14-24(15-13-23)25(30-5)18-20(3)19-28-17-16-27-26(28)21(4)29/h12-18,21-22,29-30H,3,6-9,19H2,1-2,4-5H3/b25-18-/t21-/m0/s1. The molecular weight excluding hydrogens is 387 g/mol. The van der Waals surface area contributed by atoms with Gasteiger partial charge in [0.05, 0.1) is 0 Å². The van der Waals surface area contributed by atoms with E-state index in [1.54, 1.807) is 13.1 Å². The summed E-state index contributed by atoms with van der Waals surface area (Å²) in [7, 11) is 0.663. The molecule has 1 aromatic heterocycles. The second-order valence-corrected chi connectivity index (χ2v) is 8.72. The first kappa shape index (κ1) is 24.1. The molecule has 0 amide bonds. The largest absolute Gasteiger partial charge is 0.385 e. The lowest BCUT2D eigenvalue weighted by molar-refractivity contribution is 0.184. The number of hydrogen-bond acceptors (Lipinski definition) is 2. The molecule has 0 fully saturated rings.